The molecule has 0 aliphatic heterocycles. The van der Waals surface area contributed by atoms with E-state index in [4.69, 9.17) is 5.11 Å². The molecule has 2 saturated carbocycles. The number of carboxylic acid groups (broad SMARTS) is 1. The average molecular weight is 140 g/mol. The van der Waals surface area contributed by atoms with Crippen LogP contribution in [0, 0.1) is 23.7 Å². The highest BCUT2D eigenvalue weighted by Crippen LogP contribution is 2.57. The molecule has 0 bridgehead atoms. The Kier molecular flexibility index (Phi) is 1.08. The topological polar surface area (TPSA) is 37.3 Å². The molecule has 2 heteroatoms. The third-order valence-electron chi connectivity index (χ3n) is 2.88. The van der Waals surface area contributed by atoms with E-state index in [0.29, 0.717) is 5.92 Å². The van der Waals surface area contributed by atoms with Gasteiger partial charge >= 0.3 is 5.97 Å². The zero-order valence-electron chi connectivity index (χ0n) is 6.08. The predicted octanol–water partition coefficient (Wildman–Crippen LogP) is 1.36. The van der Waals surface area contributed by atoms with Gasteiger partial charge in [-0.05, 0) is 30.6 Å². The highest BCUT2D eigenvalue weighted by molar-refractivity contribution is 5.73. The molecule has 4 atom stereocenters. The zero-order valence-corrected chi connectivity index (χ0v) is 6.08. The van der Waals surface area contributed by atoms with Crippen LogP contribution in [0.5, 0.6) is 0 Å². The molecule has 0 aromatic rings. The Morgan fingerprint density at radius 3 is 2.30 bits per heavy atom. The van der Waals surface area contributed by atoms with Crippen LogP contribution in [0.2, 0.25) is 0 Å². The van der Waals surface area contributed by atoms with E-state index >= 15 is 0 Å². The van der Waals surface area contributed by atoms with Crippen molar-refractivity contribution in [1.29, 1.82) is 0 Å². The summed E-state index contributed by atoms with van der Waals surface area (Å²) in [6, 6.07) is 0. The van der Waals surface area contributed by atoms with Gasteiger partial charge in [-0.3, -0.25) is 4.79 Å². The lowest BCUT2D eigenvalue weighted by Crippen LogP contribution is -2.00. The van der Waals surface area contributed by atoms with Crippen molar-refractivity contribution in [1.82, 2.24) is 0 Å². The molecule has 0 saturated heterocycles. The van der Waals surface area contributed by atoms with Crippen molar-refractivity contribution in [3.05, 3.63) is 0 Å². The van der Waals surface area contributed by atoms with Crippen LogP contribution in [0.3, 0.4) is 0 Å². The van der Waals surface area contributed by atoms with Gasteiger partial charge in [0, 0.05) is 0 Å². The molecular formula is C8H12O2. The number of rotatable bonds is 2. The molecule has 2 fully saturated rings. The summed E-state index contributed by atoms with van der Waals surface area (Å²) in [5.41, 5.74) is 0. The molecule has 2 nitrogen and oxygen atoms in total. The summed E-state index contributed by atoms with van der Waals surface area (Å²) in [6.45, 7) is 2.21. The van der Waals surface area contributed by atoms with Crippen LogP contribution in [-0.2, 0) is 4.79 Å². The molecule has 10 heavy (non-hydrogen) atoms. The van der Waals surface area contributed by atoms with Crippen molar-refractivity contribution in [3.63, 3.8) is 0 Å². The minimum Gasteiger partial charge on any atom is -0.481 e. The molecule has 2 aliphatic rings. The first-order valence-electron chi connectivity index (χ1n) is 3.93. The maximum Gasteiger partial charge on any atom is 0.306 e. The van der Waals surface area contributed by atoms with Crippen LogP contribution in [0.25, 0.3) is 0 Å². The third-order valence-corrected chi connectivity index (χ3v) is 2.88. The lowest BCUT2D eigenvalue weighted by molar-refractivity contribution is -0.138. The van der Waals surface area contributed by atoms with Crippen molar-refractivity contribution < 1.29 is 9.90 Å². The summed E-state index contributed by atoms with van der Waals surface area (Å²) >= 11 is 0. The van der Waals surface area contributed by atoms with Gasteiger partial charge in [-0.15, -0.1) is 0 Å². The number of aliphatic carboxylic acids is 1. The summed E-state index contributed by atoms with van der Waals surface area (Å²) in [5.74, 6) is 1.57. The van der Waals surface area contributed by atoms with Crippen LogP contribution < -0.4 is 0 Å². The smallest absolute Gasteiger partial charge is 0.306 e. The molecule has 0 radical (unpaired) electrons. The lowest BCUT2D eigenvalue weighted by atomic mass is 10.2. The van der Waals surface area contributed by atoms with E-state index in [1.807, 2.05) is 0 Å². The van der Waals surface area contributed by atoms with Crippen LogP contribution in [0.15, 0.2) is 0 Å². The molecule has 0 aromatic carbocycles. The standard InChI is InChI=1S/C8H12O2/c1-4-2-5(4)6-3-7(6)8(9)10/h4-7H,2-3H2,1H3,(H,9,10)/t4-,5+,6+,7+/m1/s1. The van der Waals surface area contributed by atoms with Gasteiger partial charge in [-0.25, -0.2) is 0 Å². The molecule has 0 unspecified atom stereocenters. The Balaban J connectivity index is 1.85. The second-order valence-electron chi connectivity index (χ2n) is 3.72. The molecule has 1 N–H and O–H groups in total. The Bertz CT molecular complexity index is 176. The summed E-state index contributed by atoms with van der Waals surface area (Å²) in [7, 11) is 0. The minimum absolute atomic E-state index is 0.0231. The van der Waals surface area contributed by atoms with Crippen molar-refractivity contribution in [2.45, 2.75) is 19.8 Å². The summed E-state index contributed by atoms with van der Waals surface area (Å²) in [6.07, 6.45) is 2.22. The Labute approximate surface area is 60.2 Å². The van der Waals surface area contributed by atoms with Gasteiger partial charge in [-0.2, -0.15) is 0 Å². The van der Waals surface area contributed by atoms with Crippen molar-refractivity contribution in [3.8, 4) is 0 Å². The first-order chi connectivity index (χ1) is 4.70. The summed E-state index contributed by atoms with van der Waals surface area (Å²) in [5, 5.41) is 8.59. The van der Waals surface area contributed by atoms with Crippen molar-refractivity contribution in [2.24, 2.45) is 23.7 Å². The van der Waals surface area contributed by atoms with E-state index < -0.39 is 5.97 Å². The van der Waals surface area contributed by atoms with Crippen LogP contribution >= 0.6 is 0 Å². The highest BCUT2D eigenvalue weighted by Gasteiger charge is 2.54. The normalized spacial score (nSPS) is 50.5. The van der Waals surface area contributed by atoms with Gasteiger partial charge in [-0.1, -0.05) is 6.92 Å². The van der Waals surface area contributed by atoms with Crippen LogP contribution in [0.1, 0.15) is 19.8 Å². The SMILES string of the molecule is C[C@@H]1C[C@@H]1[C@@H]1C[C@@H]1C(=O)O. The van der Waals surface area contributed by atoms with Gasteiger partial charge in [0.2, 0.25) is 0 Å². The van der Waals surface area contributed by atoms with Gasteiger partial charge in [0.1, 0.15) is 0 Å². The molecule has 56 valence electrons. The molecule has 0 aromatic heterocycles. The third kappa shape index (κ3) is 0.825. The maximum absolute atomic E-state index is 10.4. The van der Waals surface area contributed by atoms with Crippen LogP contribution in [-0.4, -0.2) is 11.1 Å². The quantitative estimate of drug-likeness (QED) is 0.628. The predicted molar refractivity (Wildman–Crippen MR) is 36.5 cm³/mol. The van der Waals surface area contributed by atoms with Crippen LogP contribution in [0.4, 0.5) is 0 Å². The van der Waals surface area contributed by atoms with Gasteiger partial charge < -0.3 is 5.11 Å². The largest absolute Gasteiger partial charge is 0.481 e. The summed E-state index contributed by atoms with van der Waals surface area (Å²) < 4.78 is 0. The fraction of sp³-hybridized carbons (Fsp3) is 0.875. The van der Waals surface area contributed by atoms with Gasteiger partial charge in [0.15, 0.2) is 0 Å². The number of carbonyl (C=O) groups is 1. The van der Waals surface area contributed by atoms with E-state index in [1.165, 1.54) is 6.42 Å². The van der Waals surface area contributed by atoms with E-state index in [0.717, 1.165) is 18.3 Å². The second-order valence-corrected chi connectivity index (χ2v) is 3.72. The van der Waals surface area contributed by atoms with E-state index in [-0.39, 0.29) is 5.92 Å². The second kappa shape index (κ2) is 1.74. The summed E-state index contributed by atoms with van der Waals surface area (Å²) in [4.78, 5) is 10.4. The van der Waals surface area contributed by atoms with E-state index in [2.05, 4.69) is 6.92 Å². The highest BCUT2D eigenvalue weighted by atomic mass is 16.4. The molecule has 0 heterocycles. The Morgan fingerprint density at radius 1 is 1.40 bits per heavy atom. The average Bonchev–Trinajstić information content (AvgIpc) is 2.57. The molecule has 2 rings (SSSR count). The van der Waals surface area contributed by atoms with Crippen molar-refractivity contribution in [2.75, 3.05) is 0 Å². The van der Waals surface area contributed by atoms with Gasteiger partial charge in [0.05, 0.1) is 5.92 Å². The van der Waals surface area contributed by atoms with E-state index in [9.17, 15) is 4.79 Å². The first kappa shape index (κ1) is 6.20. The fourth-order valence-electron chi connectivity index (χ4n) is 1.92. The molecule has 2 aliphatic carbocycles. The first-order valence-corrected chi connectivity index (χ1v) is 3.93. The molecular weight excluding hydrogens is 128 g/mol. The zero-order chi connectivity index (χ0) is 7.30. The Morgan fingerprint density at radius 2 is 2.00 bits per heavy atom. The monoisotopic (exact) mass is 140 g/mol. The minimum atomic E-state index is -0.580. The molecule has 0 amide bonds. The van der Waals surface area contributed by atoms with Gasteiger partial charge in [0.25, 0.3) is 0 Å². The fourth-order valence-corrected chi connectivity index (χ4v) is 1.92. The number of hydrogen-bond donors (Lipinski definition) is 1. The van der Waals surface area contributed by atoms with E-state index in [1.54, 1.807) is 0 Å². The number of hydrogen-bond acceptors (Lipinski definition) is 1. The van der Waals surface area contributed by atoms with Crippen molar-refractivity contribution >= 4 is 5.97 Å². The number of carboxylic acids is 1. The maximum atomic E-state index is 10.4. The molecule has 0 spiro atoms. The Hall–Kier alpha value is -0.530. The lowest BCUT2D eigenvalue weighted by Gasteiger charge is -1.89.